The third kappa shape index (κ3) is 10.5. The number of alkyl carbamates (subject to hydrolysis) is 1. The topological polar surface area (TPSA) is 113 Å². The van der Waals surface area contributed by atoms with Crippen LogP contribution >= 0.6 is 0 Å². The van der Waals surface area contributed by atoms with Crippen molar-refractivity contribution < 1.29 is 38.1 Å². The number of hydrogen-bond acceptors (Lipinski definition) is 7. The highest BCUT2D eigenvalue weighted by Gasteiger charge is 2.42. The minimum Gasteiger partial charge on any atom is -0.493 e. The minimum atomic E-state index is -2.43. The monoisotopic (exact) mass is 617 g/mol. The quantitative estimate of drug-likeness (QED) is 0.221. The van der Waals surface area contributed by atoms with Crippen LogP contribution < -0.4 is 19.5 Å². The van der Waals surface area contributed by atoms with Crippen molar-refractivity contribution in [2.75, 3.05) is 21.3 Å². The molecule has 0 fully saturated rings. The lowest BCUT2D eigenvalue weighted by Gasteiger charge is -2.42. The number of benzene rings is 2. The molecule has 240 valence electrons. The number of carboxylic acids is 1. The molecule has 1 amide bonds. The van der Waals surface area contributed by atoms with E-state index in [1.54, 1.807) is 32.9 Å². The predicted molar refractivity (Wildman–Crippen MR) is 171 cm³/mol. The van der Waals surface area contributed by atoms with Crippen LogP contribution in [0.25, 0.3) is 0 Å². The van der Waals surface area contributed by atoms with Gasteiger partial charge in [0.05, 0.1) is 39.4 Å². The standard InChI is InChI=1S/C33H51NO8Si/c1-32(2,3)41-31(37)34-25(19-22-15-13-12-14-16-22)27(42-43(10,11)33(4,5)6)21-24(30(35)36)20-23-17-18-26(38-7)29(40-9)28(23)39-8/h12-18,24-25,27H,19-21H2,1-11H3,(H,34,37)(H,35,36)/t24-,25+,27+/m1/s1. The molecular formula is C33H51NO8Si. The van der Waals surface area contributed by atoms with E-state index < -0.39 is 44.0 Å². The second kappa shape index (κ2) is 15.0. The summed E-state index contributed by atoms with van der Waals surface area (Å²) in [4.78, 5) is 25.9. The van der Waals surface area contributed by atoms with Crippen molar-refractivity contribution >= 4 is 20.4 Å². The van der Waals surface area contributed by atoms with E-state index in [9.17, 15) is 14.7 Å². The van der Waals surface area contributed by atoms with Gasteiger partial charge in [-0.1, -0.05) is 57.2 Å². The molecule has 0 spiro atoms. The van der Waals surface area contributed by atoms with Crippen LogP contribution in [0.2, 0.25) is 18.1 Å². The molecule has 0 bridgehead atoms. The van der Waals surface area contributed by atoms with Crippen molar-refractivity contribution in [3.63, 3.8) is 0 Å². The number of nitrogens with one attached hydrogen (secondary N) is 1. The fraction of sp³-hybridized carbons (Fsp3) is 0.576. The van der Waals surface area contributed by atoms with Crippen LogP contribution in [0.4, 0.5) is 4.79 Å². The normalized spacial score (nSPS) is 14.3. The maximum atomic E-state index is 13.1. The van der Waals surface area contributed by atoms with Gasteiger partial charge in [0.15, 0.2) is 19.8 Å². The van der Waals surface area contributed by atoms with Gasteiger partial charge in [-0.25, -0.2) is 4.79 Å². The van der Waals surface area contributed by atoms with Gasteiger partial charge in [-0.05, 0) is 75.4 Å². The number of ether oxygens (including phenoxy) is 4. The van der Waals surface area contributed by atoms with Crippen molar-refractivity contribution in [3.8, 4) is 17.2 Å². The number of aliphatic carboxylic acids is 1. The maximum Gasteiger partial charge on any atom is 0.407 e. The van der Waals surface area contributed by atoms with Gasteiger partial charge in [0.25, 0.3) is 0 Å². The number of carbonyl (C=O) groups excluding carboxylic acids is 1. The van der Waals surface area contributed by atoms with Gasteiger partial charge in [-0.15, -0.1) is 0 Å². The SMILES string of the molecule is COc1ccc(C[C@H](C[C@H](O[Si](C)(C)C(C)(C)C)[C@H](Cc2ccccc2)NC(=O)OC(C)(C)C)C(=O)O)c(OC)c1OC. The molecule has 0 saturated heterocycles. The molecule has 10 heteroatoms. The van der Waals surface area contributed by atoms with Gasteiger partial charge >= 0.3 is 12.1 Å². The Labute approximate surface area is 258 Å². The number of methoxy groups -OCH3 is 3. The molecule has 9 nitrogen and oxygen atoms in total. The van der Waals surface area contributed by atoms with Crippen molar-refractivity contribution in [1.29, 1.82) is 0 Å². The molecular weight excluding hydrogens is 566 g/mol. The Bertz CT molecular complexity index is 1200. The summed E-state index contributed by atoms with van der Waals surface area (Å²) in [5.74, 6) is -0.535. The fourth-order valence-corrected chi connectivity index (χ4v) is 5.96. The molecule has 0 saturated carbocycles. The highest BCUT2D eigenvalue weighted by Crippen LogP contribution is 2.42. The molecule has 0 aromatic heterocycles. The number of rotatable bonds is 14. The molecule has 0 unspecified atom stereocenters. The predicted octanol–water partition coefficient (Wildman–Crippen LogP) is 6.87. The van der Waals surface area contributed by atoms with Crippen LogP contribution in [-0.4, -0.2) is 64.6 Å². The lowest BCUT2D eigenvalue weighted by atomic mass is 9.89. The highest BCUT2D eigenvalue weighted by molar-refractivity contribution is 6.74. The maximum absolute atomic E-state index is 13.1. The molecule has 0 aliphatic rings. The van der Waals surface area contributed by atoms with Crippen molar-refractivity contribution in [3.05, 3.63) is 53.6 Å². The summed E-state index contributed by atoms with van der Waals surface area (Å²) in [6.07, 6.45) is -0.467. The van der Waals surface area contributed by atoms with E-state index in [0.717, 1.165) is 5.56 Å². The third-order valence-corrected chi connectivity index (χ3v) is 12.3. The first-order valence-electron chi connectivity index (χ1n) is 14.6. The molecule has 0 heterocycles. The average Bonchev–Trinajstić information content (AvgIpc) is 2.90. The van der Waals surface area contributed by atoms with E-state index in [1.807, 2.05) is 30.3 Å². The zero-order valence-electron chi connectivity index (χ0n) is 27.7. The number of hydrogen-bond donors (Lipinski definition) is 2. The average molecular weight is 618 g/mol. The summed E-state index contributed by atoms with van der Waals surface area (Å²) in [5.41, 5.74) is 0.948. The largest absolute Gasteiger partial charge is 0.493 e. The second-order valence-electron chi connectivity index (χ2n) is 13.3. The molecule has 3 atom stereocenters. The van der Waals surface area contributed by atoms with E-state index in [4.69, 9.17) is 23.4 Å². The molecule has 0 aliphatic heterocycles. The Hall–Kier alpha value is -3.24. The number of amides is 1. The molecule has 2 aromatic rings. The zero-order valence-corrected chi connectivity index (χ0v) is 28.7. The first-order chi connectivity index (χ1) is 19.9. The van der Waals surface area contributed by atoms with Gasteiger partial charge in [0.2, 0.25) is 5.75 Å². The first kappa shape index (κ1) is 36.0. The van der Waals surface area contributed by atoms with Crippen molar-refractivity contribution in [1.82, 2.24) is 5.32 Å². The van der Waals surface area contributed by atoms with E-state index in [1.165, 1.54) is 21.3 Å². The van der Waals surface area contributed by atoms with Gasteiger partial charge in [0, 0.05) is 0 Å². The van der Waals surface area contributed by atoms with Crippen molar-refractivity contribution in [2.24, 2.45) is 5.92 Å². The van der Waals surface area contributed by atoms with Crippen LogP contribution in [-0.2, 0) is 26.8 Å². The van der Waals surface area contributed by atoms with E-state index in [2.05, 4.69) is 39.2 Å². The summed E-state index contributed by atoms with van der Waals surface area (Å²) in [6.45, 7) is 16.1. The molecule has 2 aromatic carbocycles. The Kier molecular flexibility index (Phi) is 12.5. The zero-order chi connectivity index (χ0) is 32.6. The van der Waals surface area contributed by atoms with Crippen LogP contribution in [0.15, 0.2) is 42.5 Å². The summed E-state index contributed by atoms with van der Waals surface area (Å²) in [6, 6.07) is 12.7. The van der Waals surface area contributed by atoms with Gasteiger partial charge in [-0.2, -0.15) is 0 Å². The molecule has 2 rings (SSSR count). The van der Waals surface area contributed by atoms with E-state index >= 15 is 0 Å². The van der Waals surface area contributed by atoms with Gasteiger partial charge in [-0.3, -0.25) is 4.79 Å². The van der Waals surface area contributed by atoms with Crippen LogP contribution in [0.5, 0.6) is 17.2 Å². The fourth-order valence-electron chi connectivity index (χ4n) is 4.59. The molecule has 43 heavy (non-hydrogen) atoms. The minimum absolute atomic E-state index is 0.145. The van der Waals surface area contributed by atoms with E-state index in [0.29, 0.717) is 29.2 Å². The lowest BCUT2D eigenvalue weighted by Crippen LogP contribution is -2.54. The Morgan fingerprint density at radius 3 is 1.95 bits per heavy atom. The summed E-state index contributed by atoms with van der Waals surface area (Å²) < 4.78 is 29.2. The Balaban J connectivity index is 2.59. The highest BCUT2D eigenvalue weighted by atomic mass is 28.4. The van der Waals surface area contributed by atoms with Gasteiger partial charge < -0.3 is 33.8 Å². The number of carbonyl (C=O) groups is 2. The summed E-state index contributed by atoms with van der Waals surface area (Å²) >= 11 is 0. The van der Waals surface area contributed by atoms with Crippen molar-refractivity contribution in [2.45, 2.75) is 96.7 Å². The summed E-state index contributed by atoms with van der Waals surface area (Å²) in [7, 11) is 2.13. The van der Waals surface area contributed by atoms with Crippen LogP contribution in [0, 0.1) is 5.92 Å². The Morgan fingerprint density at radius 2 is 1.47 bits per heavy atom. The summed E-state index contributed by atoms with van der Waals surface area (Å²) in [5, 5.41) is 13.4. The number of carboxylic acid groups (broad SMARTS) is 1. The molecule has 0 radical (unpaired) electrons. The van der Waals surface area contributed by atoms with Crippen LogP contribution in [0.1, 0.15) is 59.1 Å². The lowest BCUT2D eigenvalue weighted by molar-refractivity contribution is -0.142. The molecule has 2 N–H and O–H groups in total. The first-order valence-corrected chi connectivity index (χ1v) is 17.5. The van der Waals surface area contributed by atoms with E-state index in [-0.39, 0.29) is 17.9 Å². The third-order valence-electron chi connectivity index (χ3n) is 7.82. The molecule has 0 aliphatic carbocycles. The smallest absolute Gasteiger partial charge is 0.407 e. The van der Waals surface area contributed by atoms with Gasteiger partial charge in [0.1, 0.15) is 5.60 Å². The Morgan fingerprint density at radius 1 is 0.860 bits per heavy atom. The second-order valence-corrected chi connectivity index (χ2v) is 18.1. The van der Waals surface area contributed by atoms with Crippen LogP contribution in [0.3, 0.4) is 0 Å².